The van der Waals surface area contributed by atoms with Crippen molar-refractivity contribution in [2.75, 3.05) is 0 Å². The fourth-order valence-electron chi connectivity index (χ4n) is 13.0. The Hall–Kier alpha value is 2.29. The molecule has 0 radical (unpaired) electrons. The molecule has 0 aliphatic heterocycles. The van der Waals surface area contributed by atoms with Crippen LogP contribution in [0.25, 0.3) is 12.2 Å². The molecule has 0 unspecified atom stereocenters. The Kier molecular flexibility index (Phi) is 15.5. The molecular weight excluding hydrogens is 867 g/mol. The second kappa shape index (κ2) is 15.4. The van der Waals surface area contributed by atoms with E-state index in [-0.39, 0.29) is 0 Å². The summed E-state index contributed by atoms with van der Waals surface area (Å²) < 4.78 is 4.72. The number of rotatable bonds is 14. The van der Waals surface area contributed by atoms with Crippen molar-refractivity contribution in [2.24, 2.45) is 0 Å². The molecule has 12 heteroatoms. The molecule has 1 rings (SSSR count). The molecule has 0 aliphatic rings. The zero-order valence-electron chi connectivity index (χ0n) is 36.4. The molecule has 0 fully saturated rings. The van der Waals surface area contributed by atoms with Gasteiger partial charge < -0.3 is 0 Å². The predicted octanol–water partition coefficient (Wildman–Crippen LogP) is 14.5. The molecule has 274 valence electrons. The molecule has 0 saturated heterocycles. The Morgan fingerprint density at radius 1 is 0.479 bits per heavy atom. The normalized spacial score (nSPS) is 16.0. The molecule has 0 heterocycles. The van der Waals surface area contributed by atoms with E-state index in [0.29, 0.717) is 5.68 Å². The predicted molar refractivity (Wildman–Crippen MR) is 258 cm³/mol. The van der Waals surface area contributed by atoms with Crippen molar-refractivity contribution >= 4 is 130 Å². The van der Waals surface area contributed by atoms with Gasteiger partial charge in [0.1, 0.15) is 0 Å². The van der Waals surface area contributed by atoms with Crippen LogP contribution in [0.15, 0.2) is 31.8 Å². The maximum absolute atomic E-state index is 7.85. The van der Waals surface area contributed by atoms with Crippen LogP contribution >= 0.6 is 22.2 Å². The Labute approximate surface area is 330 Å². The van der Waals surface area contributed by atoms with E-state index in [9.17, 15) is 0 Å². The summed E-state index contributed by atoms with van der Waals surface area (Å²) in [7, 11) is -13.6. The van der Waals surface area contributed by atoms with Gasteiger partial charge in [0.05, 0.1) is 0 Å². The van der Waals surface area contributed by atoms with Crippen molar-refractivity contribution in [3.05, 3.63) is 42.9 Å². The molecule has 0 bridgehead atoms. The summed E-state index contributed by atoms with van der Waals surface area (Å²) in [5, 5.41) is 0. The zero-order valence-corrected chi connectivity index (χ0v) is 50.7. The molecular formula is C36H78Cl2Ga2Si8. The van der Waals surface area contributed by atoms with E-state index >= 15 is 0 Å². The van der Waals surface area contributed by atoms with E-state index in [2.05, 4.69) is 191 Å². The molecule has 1 aromatic carbocycles. The summed E-state index contributed by atoms with van der Waals surface area (Å²) in [4.78, 5) is 0. The average molecular weight is 946 g/mol. The third-order valence-electron chi connectivity index (χ3n) is 12.1. The minimum atomic E-state index is -2.11. The monoisotopic (exact) mass is 942 g/mol. The molecule has 0 saturated carbocycles. The van der Waals surface area contributed by atoms with Crippen LogP contribution in [0.1, 0.15) is 11.1 Å². The Balaban J connectivity index is 4.25. The van der Waals surface area contributed by atoms with Crippen LogP contribution in [0.3, 0.4) is 0 Å². The van der Waals surface area contributed by atoms with E-state index in [0.717, 1.165) is 0 Å². The Bertz CT molecular complexity index is 1160. The topological polar surface area (TPSA) is 0 Å². The molecule has 0 amide bonds. The fraction of sp³-hybridized carbons (Fsp3) is 0.722. The SMILES string of the molecule is [CH3][Ga](/[C](=C\c1cccc(/C=[C](\[Ga]([CH3])[C]([Si](C)(C)C)([Si](C)(C)C)[Si](C)(C)Cl)[Si](C)(C)C)c1)[Si](C)(C)C)[C]([Si](C)(C)C)([Si](C)(C)C)[Si](C)(C)Cl. The van der Waals surface area contributed by atoms with E-state index < -0.39 is 95.6 Å². The van der Waals surface area contributed by atoms with Gasteiger partial charge in [-0.3, -0.25) is 0 Å². The molecule has 0 atom stereocenters. The molecule has 0 nitrogen and oxygen atoms in total. The van der Waals surface area contributed by atoms with Crippen molar-refractivity contribution in [1.82, 2.24) is 0 Å². The summed E-state index contributed by atoms with van der Waals surface area (Å²) in [6.45, 7) is 57.9. The summed E-state index contributed by atoms with van der Waals surface area (Å²) in [5.74, 6) is 0. The van der Waals surface area contributed by atoms with Gasteiger partial charge in [-0.05, 0) is 0 Å². The van der Waals surface area contributed by atoms with Crippen molar-refractivity contribution in [3.63, 3.8) is 0 Å². The van der Waals surface area contributed by atoms with Crippen LogP contribution < -0.4 is 0 Å². The summed E-state index contributed by atoms with van der Waals surface area (Å²) in [6, 6.07) is 9.73. The quantitative estimate of drug-likeness (QED) is 0.129. The van der Waals surface area contributed by atoms with Gasteiger partial charge in [-0.1, -0.05) is 0 Å². The average Bonchev–Trinajstić information content (AvgIpc) is 2.74. The first-order valence-electron chi connectivity index (χ1n) is 18.7. The van der Waals surface area contributed by atoms with Crippen LogP contribution in [0.4, 0.5) is 0 Å². The Morgan fingerprint density at radius 3 is 0.875 bits per heavy atom. The first-order chi connectivity index (χ1) is 20.7. The van der Waals surface area contributed by atoms with Gasteiger partial charge in [-0.15, -0.1) is 0 Å². The number of hydrogen-bond donors (Lipinski definition) is 0. The van der Waals surface area contributed by atoms with Crippen LogP contribution in [0.2, 0.25) is 161 Å². The van der Waals surface area contributed by atoms with Crippen LogP contribution in [0.5, 0.6) is 0 Å². The third kappa shape index (κ3) is 9.56. The van der Waals surface area contributed by atoms with Gasteiger partial charge in [-0.25, -0.2) is 0 Å². The van der Waals surface area contributed by atoms with Gasteiger partial charge in [0.2, 0.25) is 0 Å². The summed E-state index contributed by atoms with van der Waals surface area (Å²) in [6.07, 6.45) is 5.48. The van der Waals surface area contributed by atoms with Gasteiger partial charge in [0.25, 0.3) is 0 Å². The van der Waals surface area contributed by atoms with Gasteiger partial charge in [-0.2, -0.15) is 0 Å². The number of benzene rings is 1. The summed E-state index contributed by atoms with van der Waals surface area (Å²) >= 11 is 11.5. The van der Waals surface area contributed by atoms with Gasteiger partial charge in [0.15, 0.2) is 0 Å². The Morgan fingerprint density at radius 2 is 0.708 bits per heavy atom. The van der Waals surface area contributed by atoms with Gasteiger partial charge >= 0.3 is 334 Å². The first-order valence-corrected chi connectivity index (χ1v) is 57.4. The van der Waals surface area contributed by atoms with Crippen molar-refractivity contribution in [3.8, 4) is 0 Å². The van der Waals surface area contributed by atoms with Crippen molar-refractivity contribution < 1.29 is 0 Å². The molecule has 48 heavy (non-hydrogen) atoms. The van der Waals surface area contributed by atoms with E-state index in [1.54, 1.807) is 0 Å². The standard InChI is InChI=1S/C16H24Si2.2C9H24ClSi3.2CH3.2Ga/c1-17(2,3)12-10-15-8-7-9-16(14-15)11-13-18(4,5)6;2*1-11(2,3)9(12(4,5)6)13(7,8)10;;;;/h7-11,14H,1-6H3;2*1-8H3;2*1H3;;. The van der Waals surface area contributed by atoms with E-state index in [1.807, 2.05) is 7.50 Å². The minimum absolute atomic E-state index is 0.453. The fourth-order valence-corrected chi connectivity index (χ4v) is 163. The van der Waals surface area contributed by atoms with E-state index in [1.165, 1.54) is 11.1 Å². The van der Waals surface area contributed by atoms with Gasteiger partial charge in [0, 0.05) is 0 Å². The maximum atomic E-state index is 7.85. The molecule has 0 N–H and O–H groups in total. The first kappa shape index (κ1) is 48.3. The van der Waals surface area contributed by atoms with E-state index in [4.69, 9.17) is 22.2 Å². The molecule has 0 aromatic heterocycles. The van der Waals surface area contributed by atoms with Crippen LogP contribution in [-0.2, 0) is 0 Å². The molecule has 0 spiro atoms. The van der Waals surface area contributed by atoms with Crippen LogP contribution in [-0.4, -0.2) is 95.6 Å². The molecule has 1 aromatic rings. The number of halogens is 2. The van der Waals surface area contributed by atoms with Crippen molar-refractivity contribution in [1.29, 1.82) is 0 Å². The second-order valence-electron chi connectivity index (χ2n) is 22.4. The second-order valence-corrected chi connectivity index (χ2v) is 91.8. The van der Waals surface area contributed by atoms with Crippen molar-refractivity contribution in [2.45, 2.75) is 161 Å². The summed E-state index contributed by atoms with van der Waals surface area (Å²) in [5.41, 5.74) is 8.43. The number of hydrogen-bond acceptors (Lipinski definition) is 0. The zero-order chi connectivity index (χ0) is 38.7. The van der Waals surface area contributed by atoms with Crippen LogP contribution in [0, 0.1) is 0 Å². The molecule has 0 aliphatic carbocycles. The third-order valence-corrected chi connectivity index (χ3v) is 130.